The number of benzene rings is 1. The Morgan fingerprint density at radius 1 is 1.09 bits per heavy atom. The lowest BCUT2D eigenvalue weighted by Crippen LogP contribution is -2.17. The predicted octanol–water partition coefficient (Wildman–Crippen LogP) is 2.96. The average molecular weight is 361 g/mol. The summed E-state index contributed by atoms with van der Waals surface area (Å²) in [7, 11) is -3.97. The van der Waals surface area contributed by atoms with Crippen LogP contribution >= 0.6 is 23.2 Å². The first kappa shape index (κ1) is 15.2. The third-order valence-electron chi connectivity index (χ3n) is 2.88. The summed E-state index contributed by atoms with van der Waals surface area (Å²) in [5.41, 5.74) is 0.306. The number of sulfonamides is 1. The minimum Gasteiger partial charge on any atom is -0.486 e. The number of rotatable bonds is 3. The number of aromatic nitrogens is 1. The first-order valence-corrected chi connectivity index (χ1v) is 8.44. The molecule has 0 spiro atoms. The number of nitrogens with one attached hydrogen (secondary N) is 1. The Morgan fingerprint density at radius 2 is 1.82 bits per heavy atom. The molecule has 9 heteroatoms. The van der Waals surface area contributed by atoms with Crippen LogP contribution in [-0.4, -0.2) is 26.6 Å². The lowest BCUT2D eigenvalue weighted by Gasteiger charge is -2.19. The number of anilines is 1. The van der Waals surface area contributed by atoms with E-state index in [2.05, 4.69) is 9.71 Å². The monoisotopic (exact) mass is 360 g/mol. The van der Waals surface area contributed by atoms with E-state index in [1.807, 2.05) is 0 Å². The summed E-state index contributed by atoms with van der Waals surface area (Å²) >= 11 is 11.7. The molecular formula is C13H10Cl2N2O4S. The summed E-state index contributed by atoms with van der Waals surface area (Å²) in [6.07, 6.45) is 1.33. The highest BCUT2D eigenvalue weighted by atomic mass is 35.5. The van der Waals surface area contributed by atoms with Crippen LogP contribution in [0.2, 0.25) is 10.2 Å². The van der Waals surface area contributed by atoms with Crippen LogP contribution in [0.5, 0.6) is 11.5 Å². The van der Waals surface area contributed by atoms with Crippen LogP contribution in [0.4, 0.5) is 5.69 Å². The molecule has 1 aromatic carbocycles. The molecule has 1 aliphatic heterocycles. The summed E-state index contributed by atoms with van der Waals surface area (Å²) in [6.45, 7) is 0.864. The molecular weight excluding hydrogens is 351 g/mol. The summed E-state index contributed by atoms with van der Waals surface area (Å²) in [5.74, 6) is 1.03. The number of pyridine rings is 1. The van der Waals surface area contributed by atoms with Crippen LogP contribution < -0.4 is 14.2 Å². The normalized spacial score (nSPS) is 13.7. The number of ether oxygens (including phenoxy) is 2. The molecule has 0 radical (unpaired) electrons. The van der Waals surface area contributed by atoms with E-state index in [-0.39, 0.29) is 15.1 Å². The van der Waals surface area contributed by atoms with Crippen molar-refractivity contribution in [2.45, 2.75) is 4.90 Å². The molecule has 0 atom stereocenters. The van der Waals surface area contributed by atoms with Gasteiger partial charge in [0.1, 0.15) is 18.1 Å². The van der Waals surface area contributed by atoms with Crippen LogP contribution in [0.25, 0.3) is 0 Å². The van der Waals surface area contributed by atoms with E-state index in [1.165, 1.54) is 18.3 Å². The van der Waals surface area contributed by atoms with Crippen molar-refractivity contribution in [1.29, 1.82) is 0 Å². The molecule has 0 amide bonds. The molecule has 0 bridgehead atoms. The van der Waals surface area contributed by atoms with E-state index in [1.54, 1.807) is 12.1 Å². The van der Waals surface area contributed by atoms with Gasteiger partial charge in [-0.3, -0.25) is 4.72 Å². The van der Waals surface area contributed by atoms with Crippen LogP contribution in [0.1, 0.15) is 0 Å². The van der Waals surface area contributed by atoms with Gasteiger partial charge in [0.2, 0.25) is 0 Å². The number of halogens is 2. The molecule has 22 heavy (non-hydrogen) atoms. The summed E-state index contributed by atoms with van der Waals surface area (Å²) < 4.78 is 38.0. The Hall–Kier alpha value is -1.70. The molecule has 1 N–H and O–H groups in total. The van der Waals surface area contributed by atoms with E-state index in [0.717, 1.165) is 0 Å². The van der Waals surface area contributed by atoms with Crippen molar-refractivity contribution >= 4 is 38.9 Å². The molecule has 0 unspecified atom stereocenters. The van der Waals surface area contributed by atoms with Gasteiger partial charge in [-0.2, -0.15) is 0 Å². The SMILES string of the molecule is O=S(=O)(Nc1ccc2c(c1)OCCO2)c1c(Cl)ccnc1Cl. The van der Waals surface area contributed by atoms with E-state index in [9.17, 15) is 8.42 Å². The van der Waals surface area contributed by atoms with Crippen LogP contribution in [0, 0.1) is 0 Å². The van der Waals surface area contributed by atoms with Gasteiger partial charge in [0.15, 0.2) is 16.7 Å². The average Bonchev–Trinajstić information content (AvgIpc) is 2.46. The van der Waals surface area contributed by atoms with Crippen molar-refractivity contribution in [1.82, 2.24) is 4.98 Å². The predicted molar refractivity (Wildman–Crippen MR) is 82.5 cm³/mol. The van der Waals surface area contributed by atoms with Crippen LogP contribution in [-0.2, 0) is 10.0 Å². The zero-order chi connectivity index (χ0) is 15.7. The Balaban J connectivity index is 1.95. The first-order chi connectivity index (χ1) is 10.5. The molecule has 1 aliphatic rings. The number of hydrogen-bond donors (Lipinski definition) is 1. The van der Waals surface area contributed by atoms with Crippen molar-refractivity contribution in [2.24, 2.45) is 0 Å². The van der Waals surface area contributed by atoms with E-state index in [4.69, 9.17) is 32.7 Å². The van der Waals surface area contributed by atoms with Gasteiger partial charge in [-0.25, -0.2) is 13.4 Å². The number of fused-ring (bicyclic) bond motifs is 1. The fourth-order valence-corrected chi connectivity index (χ4v) is 4.05. The number of hydrogen-bond acceptors (Lipinski definition) is 5. The minimum absolute atomic E-state index is 0.00922. The van der Waals surface area contributed by atoms with E-state index < -0.39 is 10.0 Å². The molecule has 2 aromatic rings. The molecule has 0 saturated heterocycles. The fraction of sp³-hybridized carbons (Fsp3) is 0.154. The molecule has 1 aromatic heterocycles. The number of nitrogens with zero attached hydrogens (tertiary/aromatic N) is 1. The highest BCUT2D eigenvalue weighted by Gasteiger charge is 2.23. The highest BCUT2D eigenvalue weighted by molar-refractivity contribution is 7.93. The smallest absolute Gasteiger partial charge is 0.266 e. The second-order valence-electron chi connectivity index (χ2n) is 4.38. The fourth-order valence-electron chi connectivity index (χ4n) is 1.95. The third-order valence-corrected chi connectivity index (χ3v) is 5.16. The van der Waals surface area contributed by atoms with E-state index in [0.29, 0.717) is 30.4 Å². The first-order valence-electron chi connectivity index (χ1n) is 6.20. The lowest BCUT2D eigenvalue weighted by molar-refractivity contribution is 0.171. The maximum Gasteiger partial charge on any atom is 0.266 e. The highest BCUT2D eigenvalue weighted by Crippen LogP contribution is 2.34. The van der Waals surface area contributed by atoms with Crippen molar-refractivity contribution in [3.63, 3.8) is 0 Å². The third kappa shape index (κ3) is 2.92. The van der Waals surface area contributed by atoms with Gasteiger partial charge in [0.25, 0.3) is 10.0 Å². The maximum atomic E-state index is 12.4. The Labute approximate surface area is 137 Å². The van der Waals surface area contributed by atoms with Gasteiger partial charge in [-0.05, 0) is 18.2 Å². The molecule has 116 valence electrons. The van der Waals surface area contributed by atoms with Gasteiger partial charge in [0.05, 0.1) is 10.7 Å². The van der Waals surface area contributed by atoms with Crippen molar-refractivity contribution in [3.05, 3.63) is 40.6 Å². The van der Waals surface area contributed by atoms with Gasteiger partial charge in [0, 0.05) is 12.3 Å². The molecule has 0 saturated carbocycles. The quantitative estimate of drug-likeness (QED) is 0.851. The second kappa shape index (κ2) is 5.83. The zero-order valence-corrected chi connectivity index (χ0v) is 13.4. The largest absolute Gasteiger partial charge is 0.486 e. The minimum atomic E-state index is -3.97. The van der Waals surface area contributed by atoms with Crippen LogP contribution in [0.15, 0.2) is 35.4 Å². The topological polar surface area (TPSA) is 77.5 Å². The van der Waals surface area contributed by atoms with Crippen molar-refractivity contribution < 1.29 is 17.9 Å². The molecule has 0 aliphatic carbocycles. The van der Waals surface area contributed by atoms with Gasteiger partial charge >= 0.3 is 0 Å². The van der Waals surface area contributed by atoms with Gasteiger partial charge in [-0.1, -0.05) is 23.2 Å². The zero-order valence-electron chi connectivity index (χ0n) is 11.0. The van der Waals surface area contributed by atoms with Gasteiger partial charge in [-0.15, -0.1) is 0 Å². The molecule has 2 heterocycles. The Bertz CT molecular complexity index is 807. The summed E-state index contributed by atoms with van der Waals surface area (Å²) in [5, 5.41) is -0.206. The van der Waals surface area contributed by atoms with Crippen molar-refractivity contribution in [2.75, 3.05) is 17.9 Å². The van der Waals surface area contributed by atoms with Gasteiger partial charge < -0.3 is 9.47 Å². The Morgan fingerprint density at radius 3 is 2.55 bits per heavy atom. The Kier molecular flexibility index (Phi) is 4.03. The summed E-state index contributed by atoms with van der Waals surface area (Å²) in [6, 6.07) is 6.07. The molecule has 6 nitrogen and oxygen atoms in total. The lowest BCUT2D eigenvalue weighted by atomic mass is 10.3. The van der Waals surface area contributed by atoms with E-state index >= 15 is 0 Å². The molecule has 3 rings (SSSR count). The molecule has 0 fully saturated rings. The van der Waals surface area contributed by atoms with Crippen molar-refractivity contribution in [3.8, 4) is 11.5 Å². The van der Waals surface area contributed by atoms with Crippen LogP contribution in [0.3, 0.4) is 0 Å². The summed E-state index contributed by atoms with van der Waals surface area (Å²) in [4.78, 5) is 3.47. The maximum absolute atomic E-state index is 12.4. The standard InChI is InChI=1S/C13H10Cl2N2O4S/c14-9-3-4-16-13(15)12(9)22(18,19)17-8-1-2-10-11(7-8)21-6-5-20-10/h1-4,7,17H,5-6H2. The second-order valence-corrected chi connectivity index (χ2v) is 6.76.